The second-order valence-corrected chi connectivity index (χ2v) is 19.8. The van der Waals surface area contributed by atoms with Gasteiger partial charge in [-0.05, 0) is 30.7 Å². The first-order chi connectivity index (χ1) is 42.2. The van der Waals surface area contributed by atoms with E-state index < -0.39 is 219 Å². The Morgan fingerprint density at radius 2 is 0.956 bits per heavy atom. The Labute approximate surface area is 509 Å². The summed E-state index contributed by atoms with van der Waals surface area (Å²) in [5.41, 5.74) is 5.35. The number of carbonyl (C=O) groups is 11. The molecule has 41 nitrogen and oxygen atoms in total. The molecule has 16 atom stereocenters. The Morgan fingerprint density at radius 3 is 1.36 bits per heavy atom. The van der Waals surface area contributed by atoms with Crippen LogP contribution in [0.15, 0.2) is 35.3 Å². The maximum absolute atomic E-state index is 14.0. The van der Waals surface area contributed by atoms with Crippen molar-refractivity contribution in [1.82, 2.24) is 57.2 Å². The van der Waals surface area contributed by atoms with E-state index in [1.807, 2.05) is 5.32 Å². The summed E-state index contributed by atoms with van der Waals surface area (Å²) in [6.07, 6.45) is -26.9. The number of hydrogen-bond acceptors (Lipinski definition) is 30. The minimum absolute atomic E-state index is 0.00782. The summed E-state index contributed by atoms with van der Waals surface area (Å²) in [6.45, 7) is -4.04. The molecule has 0 radical (unpaired) electrons. The van der Waals surface area contributed by atoms with Crippen molar-refractivity contribution < 1.29 is 134 Å². The van der Waals surface area contributed by atoms with Crippen molar-refractivity contribution in [3.63, 3.8) is 0 Å². The quantitative estimate of drug-likeness (QED) is 0.0237. The molecule has 1 aromatic carbocycles. The number of amides is 7. The highest BCUT2D eigenvalue weighted by Crippen LogP contribution is 2.16. The van der Waals surface area contributed by atoms with Gasteiger partial charge in [-0.15, -0.1) is 0 Å². The van der Waals surface area contributed by atoms with Crippen LogP contribution >= 0.6 is 12.6 Å². The molecular formula is C48H67N13O28S. The van der Waals surface area contributed by atoms with Gasteiger partial charge in [-0.25, -0.2) is 19.6 Å². The maximum atomic E-state index is 14.0. The van der Waals surface area contributed by atoms with Crippen molar-refractivity contribution in [3.8, 4) is 0 Å². The topological polar surface area (TPSA) is 705 Å². The molecular weight excluding hydrogens is 1240 g/mol. The first kappa shape index (κ1) is 75.3. The molecule has 0 fully saturated rings. The Balaban J connectivity index is 1.91. The van der Waals surface area contributed by atoms with Gasteiger partial charge in [-0.1, -0.05) is 0 Å². The van der Waals surface area contributed by atoms with Crippen LogP contribution in [0.1, 0.15) is 41.7 Å². The lowest BCUT2D eigenvalue weighted by molar-refractivity contribution is -0.147. The number of aromatic nitrogens is 4. The van der Waals surface area contributed by atoms with Gasteiger partial charge in [0.1, 0.15) is 97.2 Å². The molecule has 0 aliphatic carbocycles. The van der Waals surface area contributed by atoms with E-state index in [4.69, 9.17) is 5.73 Å². The number of hydrogen-bond donors (Lipinski definition) is 27. The molecule has 90 heavy (non-hydrogen) atoms. The standard InChI is InChI=1S/C48H67N13O28S/c49-48-60-38-31(45(85)61-48)52-17(10-51-38)9-50-16-3-1-15(2-4-16)39(79)53-18(46(86)87)5-6-25(68)57-28(35(76)32(73)22(65)11-62)42(82)54-19(7-26(69)70)40(80)58-29(36(77)33(74)23(66)12-63)43(83)55-20(8-27(71)72)41(81)59-30(37(78)34(75)24(67)13-64)44(84)56-21(14-90)47(88)89/h1-4,10,18-24,28-30,32-37,50,62-67,73-78,90H,5-9,11-14H2,(H,53,79)(H,54,82)(H,55,83)(H,56,84)(H,57,68)(H,58,80)(H,59,81)(H,69,70)(H,71,72)(H,86,87)(H,88,89)(H3,49,51,60,61,85)/t18-,19-,20?,21-,22+,23+,24+,28-,29-,30-,32+,33+,34+,35+,36+,37+/m0/s1. The predicted molar refractivity (Wildman–Crippen MR) is 297 cm³/mol. The second-order valence-electron chi connectivity index (χ2n) is 19.4. The van der Waals surface area contributed by atoms with Crippen LogP contribution in [0.2, 0.25) is 0 Å². The van der Waals surface area contributed by atoms with Gasteiger partial charge in [-0.2, -0.15) is 17.6 Å². The molecule has 42 heteroatoms. The highest BCUT2D eigenvalue weighted by molar-refractivity contribution is 7.80. The van der Waals surface area contributed by atoms with Crippen LogP contribution in [0.25, 0.3) is 11.2 Å². The fourth-order valence-electron chi connectivity index (χ4n) is 7.77. The van der Waals surface area contributed by atoms with E-state index in [1.165, 1.54) is 30.5 Å². The molecule has 0 spiro atoms. The molecule has 3 aromatic rings. The second kappa shape index (κ2) is 35.3. The van der Waals surface area contributed by atoms with Gasteiger partial charge in [-0.3, -0.25) is 52.9 Å². The number of carboxylic acid groups (broad SMARTS) is 4. The molecule has 1 unspecified atom stereocenters. The van der Waals surface area contributed by atoms with Crippen LogP contribution in [0.5, 0.6) is 0 Å². The predicted octanol–water partition coefficient (Wildman–Crippen LogP) is -13.0. The molecule has 2 aromatic heterocycles. The molecule has 0 saturated heterocycles. The third kappa shape index (κ3) is 22.0. The van der Waals surface area contributed by atoms with Crippen molar-refractivity contribution in [2.45, 2.75) is 129 Å². The van der Waals surface area contributed by atoms with E-state index in [0.717, 1.165) is 0 Å². The number of fused-ring (bicyclic) bond motifs is 1. The average Bonchev–Trinajstić information content (AvgIpc) is 1.05. The molecule has 27 N–H and O–H groups in total. The number of H-pyrrole nitrogens is 1. The van der Waals surface area contributed by atoms with Crippen LogP contribution in [0.4, 0.5) is 11.6 Å². The Bertz CT molecular complexity index is 3090. The number of anilines is 2. The van der Waals surface area contributed by atoms with Crippen molar-refractivity contribution in [2.24, 2.45) is 0 Å². The number of nitrogens with one attached hydrogen (secondary N) is 9. The number of aliphatic hydroxyl groups excluding tert-OH is 12. The van der Waals surface area contributed by atoms with Crippen LogP contribution < -0.4 is 53.8 Å². The minimum Gasteiger partial charge on any atom is -0.481 e. The summed E-state index contributed by atoms with van der Waals surface area (Å²) >= 11 is 3.74. The number of benzene rings is 1. The third-order valence-electron chi connectivity index (χ3n) is 12.8. The Kier molecular flexibility index (Phi) is 29.6. The zero-order valence-electron chi connectivity index (χ0n) is 46.4. The Hall–Kier alpha value is -8.92. The van der Waals surface area contributed by atoms with Crippen LogP contribution in [0.3, 0.4) is 0 Å². The van der Waals surface area contributed by atoms with Crippen LogP contribution in [-0.2, 0) is 54.5 Å². The molecule has 2 heterocycles. The number of nitrogen functional groups attached to an aromatic ring is 1. The van der Waals surface area contributed by atoms with E-state index in [9.17, 15) is 139 Å². The average molecular weight is 1310 g/mol. The Morgan fingerprint density at radius 1 is 0.533 bits per heavy atom. The molecule has 7 amide bonds. The van der Waals surface area contributed by atoms with Crippen molar-refractivity contribution >= 4 is 101 Å². The van der Waals surface area contributed by atoms with Crippen molar-refractivity contribution in [3.05, 3.63) is 52.1 Å². The lowest BCUT2D eigenvalue weighted by atomic mass is 9.98. The van der Waals surface area contributed by atoms with E-state index in [0.29, 0.717) is 11.4 Å². The normalized spacial score (nSPS) is 16.7. The zero-order chi connectivity index (χ0) is 68.0. The highest BCUT2D eigenvalue weighted by atomic mass is 32.1. The smallest absolute Gasteiger partial charge is 0.327 e. The molecule has 498 valence electrons. The number of aliphatic carboxylic acids is 4. The van der Waals surface area contributed by atoms with E-state index in [-0.39, 0.29) is 29.2 Å². The SMILES string of the molecule is Nc1nc2ncc(CNc3ccc(C(=O)N[C@@H](CCC(=O)N[C@H](C(=O)N[C@@H](CC(=O)O)C(=O)N[C@H](C(=O)NC(CC(=O)O)C(=O)N[C@H](C(=O)N[C@@H](CS)C(=O)O)[C@@H](O)[C@H](O)[C@H](O)CO)[C@@H](O)[C@H](O)[C@H](O)CO)[C@@H](O)[C@H](O)[C@H](O)CO)C(=O)O)cc3)nc2c(=O)[nH]1. The van der Waals surface area contributed by atoms with E-state index in [1.54, 1.807) is 26.6 Å². The monoisotopic (exact) mass is 1310 g/mol. The summed E-state index contributed by atoms with van der Waals surface area (Å²) in [5.74, 6) is -20.1. The van der Waals surface area contributed by atoms with Gasteiger partial charge in [0.2, 0.25) is 41.4 Å². The summed E-state index contributed by atoms with van der Waals surface area (Å²) in [6, 6.07) is -11.9. The molecule has 0 aliphatic rings. The zero-order valence-corrected chi connectivity index (χ0v) is 47.3. The number of aliphatic hydroxyl groups is 12. The molecule has 0 bridgehead atoms. The first-order valence-electron chi connectivity index (χ1n) is 26.1. The number of rotatable bonds is 38. The summed E-state index contributed by atoms with van der Waals surface area (Å²) < 4.78 is 0. The summed E-state index contributed by atoms with van der Waals surface area (Å²) in [4.78, 5) is 170. The lowest BCUT2D eigenvalue weighted by Crippen LogP contribution is -2.66. The van der Waals surface area contributed by atoms with Crippen LogP contribution in [0, 0.1) is 0 Å². The van der Waals surface area contributed by atoms with E-state index >= 15 is 0 Å². The largest absolute Gasteiger partial charge is 0.481 e. The maximum Gasteiger partial charge on any atom is 0.327 e. The van der Waals surface area contributed by atoms with E-state index in [2.05, 4.69) is 43.2 Å². The van der Waals surface area contributed by atoms with Crippen LogP contribution in [-0.4, -0.2) is 290 Å². The summed E-state index contributed by atoms with van der Waals surface area (Å²) in [7, 11) is 0. The number of carboxylic acids is 4. The fraction of sp³-hybridized carbons (Fsp3) is 0.521. The van der Waals surface area contributed by atoms with Gasteiger partial charge in [0.25, 0.3) is 11.5 Å². The first-order valence-corrected chi connectivity index (χ1v) is 26.8. The van der Waals surface area contributed by atoms with Crippen molar-refractivity contribution in [1.29, 1.82) is 0 Å². The lowest BCUT2D eigenvalue weighted by Gasteiger charge is -2.33. The van der Waals surface area contributed by atoms with Gasteiger partial charge >= 0.3 is 23.9 Å². The molecule has 0 aliphatic heterocycles. The number of aromatic amines is 1. The highest BCUT2D eigenvalue weighted by Gasteiger charge is 2.44. The van der Waals surface area contributed by atoms with Gasteiger partial charge < -0.3 is 130 Å². The van der Waals surface area contributed by atoms with Gasteiger partial charge in [0, 0.05) is 23.4 Å². The van der Waals surface area contributed by atoms with Gasteiger partial charge in [0.05, 0.1) is 51.1 Å². The number of nitrogens with two attached hydrogens (primary N) is 1. The number of nitrogens with zero attached hydrogens (tertiary/aromatic N) is 3. The minimum atomic E-state index is -2.93. The van der Waals surface area contributed by atoms with Crippen molar-refractivity contribution in [2.75, 3.05) is 36.6 Å². The van der Waals surface area contributed by atoms with Gasteiger partial charge in [0.15, 0.2) is 11.2 Å². The number of thiol groups is 1. The third-order valence-corrected chi connectivity index (χ3v) is 13.1. The molecule has 0 saturated carbocycles. The summed E-state index contributed by atoms with van der Waals surface area (Å²) in [5, 5.41) is 177. The fourth-order valence-corrected chi connectivity index (χ4v) is 8.02. The molecule has 3 rings (SSSR count). The number of carbonyl (C=O) groups excluding carboxylic acids is 7.